The summed E-state index contributed by atoms with van der Waals surface area (Å²) in [4.78, 5) is 2.03. The van der Waals surface area contributed by atoms with Gasteiger partial charge in [-0.15, -0.1) is 0 Å². The van der Waals surface area contributed by atoms with E-state index in [0.29, 0.717) is 19.2 Å². The quantitative estimate of drug-likeness (QED) is 0.592. The van der Waals surface area contributed by atoms with Crippen molar-refractivity contribution in [2.75, 3.05) is 19.6 Å². The predicted molar refractivity (Wildman–Crippen MR) is 60.4 cm³/mol. The summed E-state index contributed by atoms with van der Waals surface area (Å²) in [6, 6.07) is 1.17. The highest BCUT2D eigenvalue weighted by atomic mass is 19.2. The summed E-state index contributed by atoms with van der Waals surface area (Å²) in [5.41, 5.74) is -0.506. The normalized spacial score (nSPS) is 18.7. The molecule has 1 heterocycles. The number of benzene rings is 1. The molecule has 1 unspecified atom stereocenters. The smallest absolute Gasteiger partial charge is 0.165 e. The molecule has 1 aromatic rings. The Morgan fingerprint density at radius 1 is 1.28 bits per heavy atom. The van der Waals surface area contributed by atoms with Gasteiger partial charge in [0.25, 0.3) is 0 Å². The van der Waals surface area contributed by atoms with Crippen molar-refractivity contribution < 1.29 is 17.6 Å². The first-order valence-electron chi connectivity index (χ1n) is 6.03. The zero-order chi connectivity index (χ0) is 13.3. The molecular formula is C13H15F4N. The van der Waals surface area contributed by atoms with Crippen LogP contribution in [0.3, 0.4) is 0 Å². The summed E-state index contributed by atoms with van der Waals surface area (Å²) in [5, 5.41) is 0. The number of nitrogens with zero attached hydrogens (tertiary/aromatic N) is 1. The Morgan fingerprint density at radius 3 is 2.56 bits per heavy atom. The zero-order valence-electron chi connectivity index (χ0n) is 10.1. The average Bonchev–Trinajstić information content (AvgIpc) is 2.27. The van der Waals surface area contributed by atoms with Gasteiger partial charge in [-0.05, 0) is 19.0 Å². The molecule has 0 amide bonds. The summed E-state index contributed by atoms with van der Waals surface area (Å²) in [7, 11) is 0. The molecule has 1 saturated heterocycles. The monoisotopic (exact) mass is 261 g/mol. The van der Waals surface area contributed by atoms with E-state index in [0.717, 1.165) is 19.0 Å². The van der Waals surface area contributed by atoms with Crippen molar-refractivity contribution in [3.63, 3.8) is 0 Å². The third kappa shape index (κ3) is 2.51. The van der Waals surface area contributed by atoms with E-state index in [9.17, 15) is 17.6 Å². The lowest BCUT2D eigenvalue weighted by Crippen LogP contribution is -2.48. The molecule has 0 bridgehead atoms. The molecule has 1 aliphatic rings. The van der Waals surface area contributed by atoms with E-state index in [-0.39, 0.29) is 5.92 Å². The molecule has 18 heavy (non-hydrogen) atoms. The average molecular weight is 261 g/mol. The Morgan fingerprint density at radius 2 is 1.94 bits per heavy atom. The minimum Gasteiger partial charge on any atom is -0.302 e. The topological polar surface area (TPSA) is 3.24 Å². The van der Waals surface area contributed by atoms with Crippen molar-refractivity contribution in [1.29, 1.82) is 0 Å². The van der Waals surface area contributed by atoms with E-state index >= 15 is 0 Å². The Labute approximate surface area is 103 Å². The highest BCUT2D eigenvalue weighted by Crippen LogP contribution is 2.35. The van der Waals surface area contributed by atoms with Crippen molar-refractivity contribution in [2.45, 2.75) is 19.5 Å². The van der Waals surface area contributed by atoms with Gasteiger partial charge in [-0.2, -0.15) is 0 Å². The molecule has 1 aromatic carbocycles. The summed E-state index contributed by atoms with van der Waals surface area (Å²) >= 11 is 0. The Hall–Kier alpha value is -1.10. The van der Waals surface area contributed by atoms with E-state index < -0.39 is 29.2 Å². The SMILES string of the molecule is CCCN1CC(C(F)c2cc(F)cc(F)c2F)C1. The first-order chi connectivity index (χ1) is 8.52. The molecule has 1 fully saturated rings. The van der Waals surface area contributed by atoms with E-state index in [1.807, 2.05) is 11.8 Å². The Balaban J connectivity index is 2.08. The van der Waals surface area contributed by atoms with Gasteiger partial charge in [0, 0.05) is 30.6 Å². The molecular weight excluding hydrogens is 246 g/mol. The third-order valence-electron chi connectivity index (χ3n) is 3.26. The van der Waals surface area contributed by atoms with Crippen LogP contribution in [-0.2, 0) is 0 Å². The number of likely N-dealkylation sites (tertiary alicyclic amines) is 1. The van der Waals surface area contributed by atoms with Crippen molar-refractivity contribution in [1.82, 2.24) is 4.90 Å². The fourth-order valence-corrected chi connectivity index (χ4v) is 2.32. The molecule has 0 aliphatic carbocycles. The molecule has 0 saturated carbocycles. The maximum atomic E-state index is 14.0. The number of hydrogen-bond acceptors (Lipinski definition) is 1. The molecule has 1 aliphatic heterocycles. The van der Waals surface area contributed by atoms with Crippen LogP contribution < -0.4 is 0 Å². The van der Waals surface area contributed by atoms with Gasteiger partial charge in [0.2, 0.25) is 0 Å². The van der Waals surface area contributed by atoms with Crippen LogP contribution in [0.15, 0.2) is 12.1 Å². The van der Waals surface area contributed by atoms with Crippen LogP contribution in [0.25, 0.3) is 0 Å². The van der Waals surface area contributed by atoms with Crippen molar-refractivity contribution in [3.8, 4) is 0 Å². The van der Waals surface area contributed by atoms with Crippen molar-refractivity contribution in [2.24, 2.45) is 5.92 Å². The maximum absolute atomic E-state index is 14.0. The number of hydrogen-bond donors (Lipinski definition) is 0. The summed E-state index contributed by atoms with van der Waals surface area (Å²) in [6.07, 6.45) is -0.685. The lowest BCUT2D eigenvalue weighted by atomic mass is 9.89. The minimum absolute atomic E-state index is 0.382. The lowest BCUT2D eigenvalue weighted by Gasteiger charge is -2.40. The van der Waals surface area contributed by atoms with Crippen molar-refractivity contribution in [3.05, 3.63) is 35.1 Å². The fraction of sp³-hybridized carbons (Fsp3) is 0.538. The molecule has 5 heteroatoms. The van der Waals surface area contributed by atoms with Crippen LogP contribution >= 0.6 is 0 Å². The van der Waals surface area contributed by atoms with E-state index in [2.05, 4.69) is 0 Å². The van der Waals surface area contributed by atoms with Crippen LogP contribution in [0.2, 0.25) is 0 Å². The summed E-state index contributed by atoms with van der Waals surface area (Å²) in [5.74, 6) is -3.95. The van der Waals surface area contributed by atoms with Gasteiger partial charge in [0.15, 0.2) is 11.6 Å². The van der Waals surface area contributed by atoms with Gasteiger partial charge in [-0.3, -0.25) is 0 Å². The molecule has 1 nitrogen and oxygen atoms in total. The van der Waals surface area contributed by atoms with Crippen LogP contribution in [0.1, 0.15) is 25.1 Å². The molecule has 0 radical (unpaired) electrons. The highest BCUT2D eigenvalue weighted by molar-refractivity contribution is 5.24. The lowest BCUT2D eigenvalue weighted by molar-refractivity contribution is 0.0367. The molecule has 100 valence electrons. The molecule has 0 N–H and O–H groups in total. The van der Waals surface area contributed by atoms with Crippen LogP contribution in [0.4, 0.5) is 17.6 Å². The second kappa shape index (κ2) is 5.26. The minimum atomic E-state index is -1.65. The van der Waals surface area contributed by atoms with Crippen LogP contribution in [0, 0.1) is 23.4 Å². The second-order valence-electron chi connectivity index (χ2n) is 4.71. The predicted octanol–water partition coefficient (Wildman–Crippen LogP) is 3.46. The number of halogens is 4. The third-order valence-corrected chi connectivity index (χ3v) is 3.26. The maximum Gasteiger partial charge on any atom is 0.165 e. The van der Waals surface area contributed by atoms with E-state index in [1.54, 1.807) is 0 Å². The summed E-state index contributed by atoms with van der Waals surface area (Å²) in [6.45, 7) is 3.89. The standard InChI is InChI=1S/C13H15F4N/c1-2-3-18-6-8(7-18)12(16)10-4-9(14)5-11(15)13(10)17/h4-5,8,12H,2-3,6-7H2,1H3. The Bertz CT molecular complexity index is 429. The molecule has 2 rings (SSSR count). The first kappa shape index (κ1) is 13.3. The number of rotatable bonds is 4. The largest absolute Gasteiger partial charge is 0.302 e. The fourth-order valence-electron chi connectivity index (χ4n) is 2.32. The number of alkyl halides is 1. The highest BCUT2D eigenvalue weighted by Gasteiger charge is 2.36. The first-order valence-corrected chi connectivity index (χ1v) is 6.03. The second-order valence-corrected chi connectivity index (χ2v) is 4.71. The zero-order valence-corrected chi connectivity index (χ0v) is 10.1. The van der Waals surface area contributed by atoms with Gasteiger partial charge in [-0.1, -0.05) is 6.92 Å². The molecule has 0 aromatic heterocycles. The van der Waals surface area contributed by atoms with Gasteiger partial charge in [-0.25, -0.2) is 17.6 Å². The van der Waals surface area contributed by atoms with Crippen molar-refractivity contribution >= 4 is 0 Å². The van der Waals surface area contributed by atoms with Crippen LogP contribution in [-0.4, -0.2) is 24.5 Å². The van der Waals surface area contributed by atoms with Gasteiger partial charge < -0.3 is 4.90 Å². The van der Waals surface area contributed by atoms with Gasteiger partial charge in [0.05, 0.1) is 0 Å². The van der Waals surface area contributed by atoms with Gasteiger partial charge >= 0.3 is 0 Å². The van der Waals surface area contributed by atoms with E-state index in [1.165, 1.54) is 0 Å². The van der Waals surface area contributed by atoms with Crippen LogP contribution in [0.5, 0.6) is 0 Å². The summed E-state index contributed by atoms with van der Waals surface area (Å²) < 4.78 is 53.4. The molecule has 1 atom stereocenters. The van der Waals surface area contributed by atoms with E-state index in [4.69, 9.17) is 0 Å². The Kier molecular flexibility index (Phi) is 3.90. The van der Waals surface area contributed by atoms with Gasteiger partial charge in [0.1, 0.15) is 12.0 Å². The molecule has 0 spiro atoms.